The van der Waals surface area contributed by atoms with Crippen LogP contribution in [-0.2, 0) is 4.74 Å². The smallest absolute Gasteiger partial charge is 0.296 e. The Morgan fingerprint density at radius 2 is 1.74 bits per heavy atom. The Hall–Kier alpha value is -3.97. The molecule has 0 bridgehead atoms. The SMILES string of the molecule is CN1CCC(Nc2ncc(N)cc2-c2nc(N3CCOCC3)nc(-n3c(C(F)F)nc4ccccc43)n2)CC1. The fourth-order valence-corrected chi connectivity index (χ4v) is 4.99. The third-order valence-corrected chi connectivity index (χ3v) is 7.10. The quantitative estimate of drug-likeness (QED) is 0.380. The summed E-state index contributed by atoms with van der Waals surface area (Å²) >= 11 is 0. The minimum Gasteiger partial charge on any atom is -0.397 e. The van der Waals surface area contributed by atoms with Crippen LogP contribution in [0.1, 0.15) is 25.1 Å². The summed E-state index contributed by atoms with van der Waals surface area (Å²) in [6.07, 6.45) is 0.675. The molecule has 0 atom stereocenters. The number of alkyl halides is 2. The van der Waals surface area contributed by atoms with E-state index in [4.69, 9.17) is 20.4 Å². The number of anilines is 3. The van der Waals surface area contributed by atoms with E-state index in [1.807, 2.05) is 4.90 Å². The summed E-state index contributed by atoms with van der Waals surface area (Å²) in [7, 11) is 2.11. The van der Waals surface area contributed by atoms with Crippen molar-refractivity contribution in [2.24, 2.45) is 0 Å². The fourth-order valence-electron chi connectivity index (χ4n) is 4.99. The van der Waals surface area contributed by atoms with Gasteiger partial charge in [0, 0.05) is 19.1 Å². The number of rotatable bonds is 6. The van der Waals surface area contributed by atoms with Gasteiger partial charge in [0.15, 0.2) is 11.6 Å². The number of benzene rings is 1. The van der Waals surface area contributed by atoms with Crippen LogP contribution in [0.5, 0.6) is 0 Å². The Labute approximate surface area is 224 Å². The van der Waals surface area contributed by atoms with Crippen LogP contribution in [-0.4, -0.2) is 86.9 Å². The van der Waals surface area contributed by atoms with Crippen LogP contribution in [0.3, 0.4) is 0 Å². The number of aromatic nitrogens is 6. The van der Waals surface area contributed by atoms with E-state index >= 15 is 0 Å². The van der Waals surface area contributed by atoms with Crippen molar-refractivity contribution in [3.8, 4) is 17.3 Å². The van der Waals surface area contributed by atoms with E-state index in [2.05, 4.69) is 32.2 Å². The second kappa shape index (κ2) is 10.7. The van der Waals surface area contributed by atoms with E-state index in [-0.39, 0.29) is 17.8 Å². The second-order valence-electron chi connectivity index (χ2n) is 9.84. The van der Waals surface area contributed by atoms with Gasteiger partial charge >= 0.3 is 0 Å². The van der Waals surface area contributed by atoms with Gasteiger partial charge < -0.3 is 25.6 Å². The third kappa shape index (κ3) is 5.19. The molecule has 204 valence electrons. The number of ether oxygens (including phenoxy) is 1. The van der Waals surface area contributed by atoms with Crippen molar-refractivity contribution in [2.45, 2.75) is 25.3 Å². The van der Waals surface area contributed by atoms with Gasteiger partial charge in [-0.05, 0) is 51.2 Å². The molecule has 0 amide bonds. The minimum atomic E-state index is -2.83. The highest BCUT2D eigenvalue weighted by Crippen LogP contribution is 2.31. The lowest BCUT2D eigenvalue weighted by molar-refractivity contribution is 0.122. The van der Waals surface area contributed by atoms with E-state index in [0.29, 0.717) is 60.4 Å². The number of piperidine rings is 1. The zero-order chi connectivity index (χ0) is 26.9. The van der Waals surface area contributed by atoms with Crippen molar-refractivity contribution in [1.29, 1.82) is 0 Å². The summed E-state index contributed by atoms with van der Waals surface area (Å²) < 4.78 is 35.2. The molecule has 5 heterocycles. The first kappa shape index (κ1) is 25.3. The molecule has 0 aliphatic carbocycles. The van der Waals surface area contributed by atoms with Crippen LogP contribution in [0.4, 0.5) is 26.2 Å². The molecular weight excluding hydrogens is 506 g/mol. The molecular formula is C26H30F2N10O. The molecule has 0 saturated carbocycles. The molecule has 6 rings (SSSR count). The van der Waals surface area contributed by atoms with Gasteiger partial charge in [-0.2, -0.15) is 15.0 Å². The van der Waals surface area contributed by atoms with E-state index in [9.17, 15) is 8.78 Å². The topological polar surface area (TPSA) is 123 Å². The molecule has 2 fully saturated rings. The van der Waals surface area contributed by atoms with Gasteiger partial charge in [-0.15, -0.1) is 0 Å². The average molecular weight is 537 g/mol. The van der Waals surface area contributed by atoms with Crippen LogP contribution in [0, 0.1) is 0 Å². The van der Waals surface area contributed by atoms with E-state index < -0.39 is 12.2 Å². The van der Waals surface area contributed by atoms with Crippen molar-refractivity contribution < 1.29 is 13.5 Å². The standard InChI is InChI=1S/C26H30F2N10O/c1-36-8-6-17(7-9-36)31-22-18(14-16(29)15-30-22)23-33-25(37-10-12-39-13-11-37)35-26(34-23)38-20-5-3-2-4-19(20)32-24(38)21(27)28/h2-5,14-15,17,21H,6-13,29H2,1H3,(H,30,31). The monoisotopic (exact) mass is 536 g/mol. The predicted octanol–water partition coefficient (Wildman–Crippen LogP) is 3.14. The Bertz CT molecular complexity index is 1460. The molecule has 1 aromatic carbocycles. The van der Waals surface area contributed by atoms with E-state index in [0.717, 1.165) is 25.9 Å². The Morgan fingerprint density at radius 1 is 1.00 bits per heavy atom. The predicted molar refractivity (Wildman–Crippen MR) is 144 cm³/mol. The lowest BCUT2D eigenvalue weighted by atomic mass is 10.1. The number of nitrogens with zero attached hydrogens (tertiary/aromatic N) is 8. The molecule has 11 nitrogen and oxygen atoms in total. The normalized spacial score (nSPS) is 17.3. The molecule has 39 heavy (non-hydrogen) atoms. The summed E-state index contributed by atoms with van der Waals surface area (Å²) in [6, 6.07) is 8.92. The van der Waals surface area contributed by atoms with Crippen molar-refractivity contribution in [3.05, 3.63) is 42.4 Å². The average Bonchev–Trinajstić information content (AvgIpc) is 3.36. The molecule has 2 saturated heterocycles. The van der Waals surface area contributed by atoms with Gasteiger partial charge in [-0.3, -0.25) is 4.57 Å². The Balaban J connectivity index is 1.50. The zero-order valence-electron chi connectivity index (χ0n) is 21.6. The van der Waals surface area contributed by atoms with Crippen LogP contribution in [0.15, 0.2) is 36.5 Å². The van der Waals surface area contributed by atoms with Crippen molar-refractivity contribution in [3.63, 3.8) is 0 Å². The van der Waals surface area contributed by atoms with Crippen LogP contribution in [0.25, 0.3) is 28.4 Å². The number of hydrogen-bond acceptors (Lipinski definition) is 10. The van der Waals surface area contributed by atoms with Gasteiger partial charge in [0.1, 0.15) is 5.82 Å². The summed E-state index contributed by atoms with van der Waals surface area (Å²) in [5.74, 6) is 0.863. The van der Waals surface area contributed by atoms with Crippen LogP contribution >= 0.6 is 0 Å². The molecule has 13 heteroatoms. The molecule has 0 unspecified atom stereocenters. The molecule has 4 aromatic rings. The fraction of sp³-hybridized carbons (Fsp3) is 0.423. The first-order chi connectivity index (χ1) is 19.0. The summed E-state index contributed by atoms with van der Waals surface area (Å²) in [5, 5.41) is 3.54. The Kier molecular flexibility index (Phi) is 6.92. The summed E-state index contributed by atoms with van der Waals surface area (Å²) in [4.78, 5) is 27.1. The van der Waals surface area contributed by atoms with Crippen molar-refractivity contribution in [2.75, 3.05) is 62.4 Å². The largest absolute Gasteiger partial charge is 0.397 e. The number of nitrogens with two attached hydrogens (primary N) is 1. The van der Waals surface area contributed by atoms with Gasteiger partial charge in [0.25, 0.3) is 6.43 Å². The Morgan fingerprint density at radius 3 is 2.51 bits per heavy atom. The van der Waals surface area contributed by atoms with Crippen LogP contribution in [0.2, 0.25) is 0 Å². The minimum absolute atomic E-state index is 0.0538. The van der Waals surface area contributed by atoms with Gasteiger partial charge in [0.05, 0.1) is 41.7 Å². The number of nitrogen functional groups attached to an aromatic ring is 1. The molecule has 3 N–H and O–H groups in total. The molecule has 0 radical (unpaired) electrons. The third-order valence-electron chi connectivity index (χ3n) is 7.10. The number of likely N-dealkylation sites (tertiary alicyclic amines) is 1. The number of imidazole rings is 1. The number of para-hydroxylation sites is 2. The maximum absolute atomic E-state index is 14.2. The molecule has 2 aliphatic heterocycles. The number of pyridine rings is 1. The second-order valence-corrected chi connectivity index (χ2v) is 9.84. The van der Waals surface area contributed by atoms with Crippen molar-refractivity contribution in [1.82, 2.24) is 34.4 Å². The van der Waals surface area contributed by atoms with Gasteiger partial charge in [0.2, 0.25) is 11.9 Å². The van der Waals surface area contributed by atoms with Gasteiger partial charge in [-0.1, -0.05) is 12.1 Å². The molecule has 0 spiro atoms. The zero-order valence-corrected chi connectivity index (χ0v) is 21.6. The van der Waals surface area contributed by atoms with Crippen LogP contribution < -0.4 is 16.0 Å². The first-order valence-corrected chi connectivity index (χ1v) is 13.0. The highest BCUT2D eigenvalue weighted by molar-refractivity contribution is 5.78. The van der Waals surface area contributed by atoms with E-state index in [1.165, 1.54) is 4.57 Å². The number of nitrogens with one attached hydrogen (secondary N) is 1. The first-order valence-electron chi connectivity index (χ1n) is 13.0. The maximum Gasteiger partial charge on any atom is 0.296 e. The van der Waals surface area contributed by atoms with E-state index in [1.54, 1.807) is 36.5 Å². The summed E-state index contributed by atoms with van der Waals surface area (Å²) in [6.45, 7) is 4.09. The number of halogens is 2. The molecule has 2 aliphatic rings. The maximum atomic E-state index is 14.2. The highest BCUT2D eigenvalue weighted by atomic mass is 19.3. The lowest BCUT2D eigenvalue weighted by Gasteiger charge is -2.30. The van der Waals surface area contributed by atoms with Crippen molar-refractivity contribution >= 4 is 28.5 Å². The highest BCUT2D eigenvalue weighted by Gasteiger charge is 2.26. The number of morpholine rings is 1. The number of hydrogen-bond donors (Lipinski definition) is 2. The lowest BCUT2D eigenvalue weighted by Crippen LogP contribution is -2.38. The van der Waals surface area contributed by atoms with Gasteiger partial charge in [-0.25, -0.2) is 18.7 Å². The summed E-state index contributed by atoms with van der Waals surface area (Å²) in [5.41, 5.74) is 8.09. The number of fused-ring (bicyclic) bond motifs is 1. The molecule has 3 aromatic heterocycles.